The summed E-state index contributed by atoms with van der Waals surface area (Å²) < 4.78 is 6.64. The quantitative estimate of drug-likeness (QED) is 0.628. The van der Waals surface area contributed by atoms with E-state index in [2.05, 4.69) is 4.98 Å². The highest BCUT2D eigenvalue weighted by molar-refractivity contribution is 5.95. The van der Waals surface area contributed by atoms with Crippen molar-refractivity contribution in [2.45, 2.75) is 12.8 Å². The fourth-order valence-electron chi connectivity index (χ4n) is 3.93. The Morgan fingerprint density at radius 1 is 1.06 bits per heavy atom. The highest BCUT2D eigenvalue weighted by Gasteiger charge is 2.41. The van der Waals surface area contributed by atoms with Crippen molar-refractivity contribution in [3.63, 3.8) is 0 Å². The number of nitrogens with one attached hydrogen (secondary N) is 1. The lowest BCUT2D eigenvalue weighted by molar-refractivity contribution is -0.138. The molecule has 1 aliphatic heterocycles. The number of nitrogens with zero attached hydrogens (tertiary/aromatic N) is 2. The number of hydrogen-bond donors (Lipinski definition) is 2. The average Bonchev–Trinajstić information content (AvgIpc) is 2.77. The van der Waals surface area contributed by atoms with Crippen LogP contribution >= 0.6 is 0 Å². The summed E-state index contributed by atoms with van der Waals surface area (Å²) in [6, 6.07) is 18.1. The van der Waals surface area contributed by atoms with Crippen LogP contribution in [0.4, 0.5) is 11.5 Å². The molecule has 0 saturated heterocycles. The molecular formula is C23H22N4O4. The van der Waals surface area contributed by atoms with E-state index in [9.17, 15) is 14.4 Å². The first-order chi connectivity index (χ1) is 15.0. The molecule has 0 fully saturated rings. The molecule has 4 rings (SSSR count). The predicted molar refractivity (Wildman–Crippen MR) is 117 cm³/mol. The highest BCUT2D eigenvalue weighted by atomic mass is 16.5. The molecule has 0 bridgehead atoms. The molecule has 0 aliphatic carbocycles. The van der Waals surface area contributed by atoms with Crippen molar-refractivity contribution in [2.75, 3.05) is 11.5 Å². The number of fused-ring (bicyclic) bond motifs is 1. The van der Waals surface area contributed by atoms with Crippen molar-refractivity contribution < 1.29 is 9.53 Å². The summed E-state index contributed by atoms with van der Waals surface area (Å²) in [6.07, 6.45) is 0. The molecular weight excluding hydrogens is 396 g/mol. The van der Waals surface area contributed by atoms with Gasteiger partial charge in [-0.2, -0.15) is 0 Å². The van der Waals surface area contributed by atoms with E-state index < -0.39 is 23.1 Å². The molecule has 1 atom stereocenters. The summed E-state index contributed by atoms with van der Waals surface area (Å²) in [4.78, 5) is 42.6. The number of aromatic amines is 1. The molecule has 0 saturated carbocycles. The van der Waals surface area contributed by atoms with Crippen molar-refractivity contribution in [1.29, 1.82) is 0 Å². The van der Waals surface area contributed by atoms with Crippen molar-refractivity contribution in [3.8, 4) is 0 Å². The predicted octanol–water partition coefficient (Wildman–Crippen LogP) is 2.09. The van der Waals surface area contributed by atoms with Gasteiger partial charge in [0.05, 0.1) is 23.7 Å². The number of aromatic nitrogens is 2. The number of hydrogen-bond acceptors (Lipinski definition) is 6. The Morgan fingerprint density at radius 3 is 2.29 bits per heavy atom. The largest absolute Gasteiger partial charge is 0.463 e. The van der Waals surface area contributed by atoms with Crippen LogP contribution in [0.1, 0.15) is 24.0 Å². The van der Waals surface area contributed by atoms with E-state index in [0.29, 0.717) is 17.1 Å². The van der Waals surface area contributed by atoms with Crippen molar-refractivity contribution in [2.24, 2.45) is 12.8 Å². The standard InChI is InChI=1S/C23H22N4O4/c1-3-31-22(29)17-16(14-10-6-4-7-11-14)18-20(28)25-23(30)26(2)21(18)27(19(17)24)15-12-8-5-9-13-15/h4-13,16H,3,24H2,1-2H3,(H,25,28,30). The fraction of sp³-hybridized carbons (Fsp3) is 0.174. The highest BCUT2D eigenvalue weighted by Crippen LogP contribution is 2.44. The van der Waals surface area contributed by atoms with Gasteiger partial charge in [0.25, 0.3) is 5.56 Å². The van der Waals surface area contributed by atoms with Crippen LogP contribution in [0.3, 0.4) is 0 Å². The minimum atomic E-state index is -0.800. The van der Waals surface area contributed by atoms with Gasteiger partial charge in [-0.05, 0) is 24.6 Å². The molecule has 3 N–H and O–H groups in total. The zero-order valence-electron chi connectivity index (χ0n) is 17.2. The third kappa shape index (κ3) is 3.31. The molecule has 0 spiro atoms. The number of para-hydroxylation sites is 1. The number of carbonyl (C=O) groups is 1. The number of benzene rings is 2. The van der Waals surface area contributed by atoms with E-state index in [-0.39, 0.29) is 23.6 Å². The second-order valence-electron chi connectivity index (χ2n) is 7.09. The molecule has 1 unspecified atom stereocenters. The maximum absolute atomic E-state index is 13.1. The maximum Gasteiger partial charge on any atom is 0.338 e. The number of nitrogens with two attached hydrogens (primary N) is 1. The summed E-state index contributed by atoms with van der Waals surface area (Å²) in [5.74, 6) is -1.01. The summed E-state index contributed by atoms with van der Waals surface area (Å²) >= 11 is 0. The molecule has 31 heavy (non-hydrogen) atoms. The minimum absolute atomic E-state index is 0.103. The van der Waals surface area contributed by atoms with Crippen molar-refractivity contribution in [1.82, 2.24) is 9.55 Å². The number of carbonyl (C=O) groups excluding carboxylic acids is 1. The molecule has 8 heteroatoms. The van der Waals surface area contributed by atoms with Gasteiger partial charge in [-0.3, -0.25) is 19.2 Å². The van der Waals surface area contributed by atoms with Gasteiger partial charge < -0.3 is 10.5 Å². The summed E-state index contributed by atoms with van der Waals surface area (Å²) in [6.45, 7) is 1.85. The van der Waals surface area contributed by atoms with E-state index in [4.69, 9.17) is 10.5 Å². The topological polar surface area (TPSA) is 110 Å². The van der Waals surface area contributed by atoms with Gasteiger partial charge in [0.15, 0.2) is 0 Å². The zero-order chi connectivity index (χ0) is 22.1. The maximum atomic E-state index is 13.1. The first-order valence-electron chi connectivity index (χ1n) is 9.85. The van der Waals surface area contributed by atoms with Crippen LogP contribution in [-0.2, 0) is 16.6 Å². The smallest absolute Gasteiger partial charge is 0.338 e. The third-order valence-corrected chi connectivity index (χ3v) is 5.28. The van der Waals surface area contributed by atoms with Gasteiger partial charge in [-0.1, -0.05) is 48.5 Å². The van der Waals surface area contributed by atoms with Gasteiger partial charge in [0.2, 0.25) is 0 Å². The van der Waals surface area contributed by atoms with E-state index in [1.54, 1.807) is 43.1 Å². The molecule has 8 nitrogen and oxygen atoms in total. The molecule has 1 aromatic heterocycles. The van der Waals surface area contributed by atoms with Crippen LogP contribution < -0.4 is 21.9 Å². The summed E-state index contributed by atoms with van der Waals surface area (Å²) in [5, 5.41) is 0. The van der Waals surface area contributed by atoms with Crippen molar-refractivity contribution >= 4 is 17.5 Å². The Morgan fingerprint density at radius 2 is 1.68 bits per heavy atom. The second kappa shape index (κ2) is 7.98. The lowest BCUT2D eigenvalue weighted by Crippen LogP contribution is -2.43. The molecule has 2 heterocycles. The van der Waals surface area contributed by atoms with Crippen LogP contribution in [0.2, 0.25) is 0 Å². The number of H-pyrrole nitrogens is 1. The number of rotatable bonds is 4. The van der Waals surface area contributed by atoms with Crippen LogP contribution in [-0.4, -0.2) is 22.1 Å². The van der Waals surface area contributed by atoms with Gasteiger partial charge in [-0.15, -0.1) is 0 Å². The van der Waals surface area contributed by atoms with Gasteiger partial charge in [0, 0.05) is 12.7 Å². The molecule has 1 aliphatic rings. The zero-order valence-corrected chi connectivity index (χ0v) is 17.2. The molecule has 158 valence electrons. The van der Waals surface area contributed by atoms with E-state index >= 15 is 0 Å². The normalized spacial score (nSPS) is 15.5. The first-order valence-corrected chi connectivity index (χ1v) is 9.85. The summed E-state index contributed by atoms with van der Waals surface area (Å²) in [7, 11) is 1.55. The van der Waals surface area contributed by atoms with Crippen LogP contribution in [0.15, 0.2) is 81.6 Å². The SMILES string of the molecule is CCOC(=O)C1=C(N)N(c2ccccc2)c2c(c(=O)[nH]c(=O)n2C)C1c1ccccc1. The van der Waals surface area contributed by atoms with Crippen LogP contribution in [0.5, 0.6) is 0 Å². The average molecular weight is 418 g/mol. The Hall–Kier alpha value is -4.07. The number of esters is 1. The summed E-state index contributed by atoms with van der Waals surface area (Å²) in [5.41, 5.74) is 7.10. The Bertz CT molecular complexity index is 1280. The third-order valence-electron chi connectivity index (χ3n) is 5.28. The fourth-order valence-corrected chi connectivity index (χ4v) is 3.93. The van der Waals surface area contributed by atoms with E-state index in [1.807, 2.05) is 36.4 Å². The molecule has 2 aromatic carbocycles. The first kappa shape index (κ1) is 20.2. The van der Waals surface area contributed by atoms with E-state index in [1.165, 1.54) is 4.57 Å². The Labute approximate surface area is 178 Å². The van der Waals surface area contributed by atoms with Crippen LogP contribution in [0, 0.1) is 0 Å². The van der Waals surface area contributed by atoms with E-state index in [0.717, 1.165) is 0 Å². The number of anilines is 2. The minimum Gasteiger partial charge on any atom is -0.463 e. The monoisotopic (exact) mass is 418 g/mol. The molecule has 0 radical (unpaired) electrons. The Balaban J connectivity index is 2.13. The Kier molecular flexibility index (Phi) is 5.21. The van der Waals surface area contributed by atoms with Gasteiger partial charge in [0.1, 0.15) is 11.6 Å². The molecule has 3 aromatic rings. The van der Waals surface area contributed by atoms with Crippen LogP contribution in [0.25, 0.3) is 0 Å². The second-order valence-corrected chi connectivity index (χ2v) is 7.09. The van der Waals surface area contributed by atoms with Crippen molar-refractivity contribution in [3.05, 3.63) is 104 Å². The molecule has 0 amide bonds. The lowest BCUT2D eigenvalue weighted by Gasteiger charge is -2.37. The van der Waals surface area contributed by atoms with Gasteiger partial charge >= 0.3 is 11.7 Å². The number of ether oxygens (including phenoxy) is 1. The lowest BCUT2D eigenvalue weighted by atomic mass is 9.82. The van der Waals surface area contributed by atoms with Gasteiger partial charge in [-0.25, -0.2) is 9.59 Å².